The van der Waals surface area contributed by atoms with Gasteiger partial charge in [0.05, 0.1) is 6.20 Å². The fraction of sp³-hybridized carbons (Fsp3) is 0.263. The molecule has 0 amide bonds. The van der Waals surface area contributed by atoms with Crippen molar-refractivity contribution in [1.82, 2.24) is 20.3 Å². The number of hydrogen-bond donors (Lipinski definition) is 1. The van der Waals surface area contributed by atoms with Crippen molar-refractivity contribution < 1.29 is 0 Å². The van der Waals surface area contributed by atoms with Crippen LogP contribution in [0, 0.1) is 5.92 Å². The molecule has 0 spiro atoms. The van der Waals surface area contributed by atoms with Gasteiger partial charge in [0, 0.05) is 12.1 Å². The lowest BCUT2D eigenvalue weighted by atomic mass is 10.00. The van der Waals surface area contributed by atoms with Crippen LogP contribution in [0.2, 0.25) is 0 Å². The van der Waals surface area contributed by atoms with Crippen molar-refractivity contribution in [3.05, 3.63) is 60.8 Å². The van der Waals surface area contributed by atoms with E-state index < -0.39 is 0 Å². The number of hydrogen-bond acceptors (Lipinski definition) is 3. The summed E-state index contributed by atoms with van der Waals surface area (Å²) in [6.45, 7) is 3.22. The molecule has 2 heterocycles. The van der Waals surface area contributed by atoms with Crippen LogP contribution in [0.5, 0.6) is 0 Å². The third-order valence-electron chi connectivity index (χ3n) is 4.44. The van der Waals surface area contributed by atoms with E-state index in [0.29, 0.717) is 0 Å². The van der Waals surface area contributed by atoms with Crippen LogP contribution in [-0.2, 0) is 6.54 Å². The molecule has 23 heavy (non-hydrogen) atoms. The Morgan fingerprint density at radius 1 is 0.957 bits per heavy atom. The van der Waals surface area contributed by atoms with Gasteiger partial charge in [0.2, 0.25) is 0 Å². The molecule has 0 atom stereocenters. The lowest BCUT2D eigenvalue weighted by Gasteiger charge is -2.26. The molecule has 4 rings (SSSR count). The Hall–Kier alpha value is -2.46. The highest BCUT2D eigenvalue weighted by Gasteiger charge is 2.16. The summed E-state index contributed by atoms with van der Waals surface area (Å²) in [5, 5.41) is 11.9. The highest BCUT2D eigenvalue weighted by molar-refractivity contribution is 5.70. The average molecular weight is 304 g/mol. The van der Waals surface area contributed by atoms with Gasteiger partial charge in [-0.05, 0) is 42.6 Å². The Balaban J connectivity index is 1.52. The maximum atomic E-state index is 4.34. The van der Waals surface area contributed by atoms with E-state index in [0.717, 1.165) is 36.8 Å². The summed E-state index contributed by atoms with van der Waals surface area (Å²) in [5.41, 5.74) is 4.48. The van der Waals surface area contributed by atoms with Crippen molar-refractivity contribution >= 4 is 0 Å². The fourth-order valence-corrected chi connectivity index (χ4v) is 2.90. The molecular weight excluding hydrogens is 284 g/mol. The van der Waals surface area contributed by atoms with E-state index in [9.17, 15) is 0 Å². The predicted molar refractivity (Wildman–Crippen MR) is 91.9 cm³/mol. The number of aryl methyl sites for hydroxylation is 1. The van der Waals surface area contributed by atoms with Crippen molar-refractivity contribution in [2.45, 2.75) is 13.0 Å². The number of rotatable bonds is 5. The van der Waals surface area contributed by atoms with Gasteiger partial charge in [-0.25, -0.2) is 0 Å². The first-order valence-corrected chi connectivity index (χ1v) is 8.15. The summed E-state index contributed by atoms with van der Waals surface area (Å²) in [4.78, 5) is 0. The van der Waals surface area contributed by atoms with Gasteiger partial charge in [-0.15, -0.1) is 5.10 Å². The Labute approximate surface area is 136 Å². The number of nitrogens with zero attached hydrogens (tertiary/aromatic N) is 3. The van der Waals surface area contributed by atoms with Gasteiger partial charge >= 0.3 is 0 Å². The lowest BCUT2D eigenvalue weighted by molar-refractivity contribution is 0.305. The summed E-state index contributed by atoms with van der Waals surface area (Å²) in [5.74, 6) is 0.795. The normalized spacial score (nSPS) is 14.6. The maximum Gasteiger partial charge on any atom is 0.113 e. The van der Waals surface area contributed by atoms with Gasteiger partial charge in [-0.3, -0.25) is 4.68 Å². The summed E-state index contributed by atoms with van der Waals surface area (Å²) in [7, 11) is 0. The van der Waals surface area contributed by atoms with Gasteiger partial charge in [0.25, 0.3) is 0 Å². The maximum absolute atomic E-state index is 4.34. The molecular formula is C19H20N4. The van der Waals surface area contributed by atoms with Crippen LogP contribution in [0.1, 0.15) is 6.42 Å². The average Bonchev–Trinajstić information content (AvgIpc) is 3.03. The molecule has 0 radical (unpaired) electrons. The van der Waals surface area contributed by atoms with Crippen LogP contribution < -0.4 is 5.32 Å². The van der Waals surface area contributed by atoms with Crippen LogP contribution in [0.25, 0.3) is 22.4 Å². The minimum atomic E-state index is 0.795. The molecule has 2 aromatic carbocycles. The zero-order chi connectivity index (χ0) is 15.5. The molecule has 1 aromatic heterocycles. The molecule has 3 aromatic rings. The Morgan fingerprint density at radius 3 is 2.52 bits per heavy atom. The van der Waals surface area contributed by atoms with Crippen LogP contribution in [0.4, 0.5) is 0 Å². The summed E-state index contributed by atoms with van der Waals surface area (Å²) < 4.78 is 1.96. The molecule has 116 valence electrons. The second kappa shape index (κ2) is 6.34. The van der Waals surface area contributed by atoms with Gasteiger partial charge in [0.15, 0.2) is 0 Å². The van der Waals surface area contributed by atoms with Crippen LogP contribution in [-0.4, -0.2) is 28.1 Å². The molecule has 1 fully saturated rings. The van der Waals surface area contributed by atoms with E-state index >= 15 is 0 Å². The van der Waals surface area contributed by atoms with Crippen LogP contribution >= 0.6 is 0 Å². The second-order valence-corrected chi connectivity index (χ2v) is 6.13. The molecule has 0 saturated carbocycles. The van der Waals surface area contributed by atoms with E-state index in [2.05, 4.69) is 70.4 Å². The fourth-order valence-electron chi connectivity index (χ4n) is 2.90. The largest absolute Gasteiger partial charge is 0.316 e. The quantitative estimate of drug-likeness (QED) is 0.787. The predicted octanol–water partition coefficient (Wildman–Crippen LogP) is 3.22. The van der Waals surface area contributed by atoms with Crippen LogP contribution in [0.3, 0.4) is 0 Å². The third-order valence-corrected chi connectivity index (χ3v) is 4.44. The first kappa shape index (κ1) is 14.2. The smallest absolute Gasteiger partial charge is 0.113 e. The van der Waals surface area contributed by atoms with E-state index in [4.69, 9.17) is 0 Å². The zero-order valence-electron chi connectivity index (χ0n) is 13.0. The highest BCUT2D eigenvalue weighted by atomic mass is 15.4. The topological polar surface area (TPSA) is 42.7 Å². The molecule has 1 aliphatic rings. The summed E-state index contributed by atoms with van der Waals surface area (Å²) >= 11 is 0. The minimum Gasteiger partial charge on any atom is -0.316 e. The molecule has 1 N–H and O–H groups in total. The van der Waals surface area contributed by atoms with Crippen molar-refractivity contribution in [1.29, 1.82) is 0 Å². The Bertz CT molecular complexity index is 775. The van der Waals surface area contributed by atoms with Crippen LogP contribution in [0.15, 0.2) is 60.8 Å². The number of aromatic nitrogens is 3. The monoisotopic (exact) mass is 304 g/mol. The standard InChI is InChI=1S/C19H20N4/c1-2-5-16(6-3-1)17-7-4-8-18(11-17)19-14-23(22-21-19)10-9-15-12-20-13-15/h1-8,11,14-15,20H,9-10,12-13H2. The first-order valence-electron chi connectivity index (χ1n) is 8.15. The van der Waals surface area contributed by atoms with Crippen molar-refractivity contribution in [2.24, 2.45) is 5.92 Å². The molecule has 0 bridgehead atoms. The first-order chi connectivity index (χ1) is 11.4. The van der Waals surface area contributed by atoms with Gasteiger partial charge < -0.3 is 5.32 Å². The summed E-state index contributed by atoms with van der Waals surface area (Å²) in [6.07, 6.45) is 3.22. The number of benzene rings is 2. The molecule has 1 saturated heterocycles. The van der Waals surface area contributed by atoms with Crippen molar-refractivity contribution in [3.8, 4) is 22.4 Å². The van der Waals surface area contributed by atoms with Crippen molar-refractivity contribution in [2.75, 3.05) is 13.1 Å². The Kier molecular flexibility index (Phi) is 3.90. The van der Waals surface area contributed by atoms with E-state index in [1.807, 2.05) is 10.7 Å². The lowest BCUT2D eigenvalue weighted by Crippen LogP contribution is -2.42. The van der Waals surface area contributed by atoms with E-state index in [-0.39, 0.29) is 0 Å². The number of nitrogens with one attached hydrogen (secondary N) is 1. The SMILES string of the molecule is c1ccc(-c2cccc(-c3cn(CCC4CNC4)nn3)c2)cc1. The molecule has 0 aliphatic carbocycles. The van der Waals surface area contributed by atoms with E-state index in [1.165, 1.54) is 17.5 Å². The van der Waals surface area contributed by atoms with Crippen molar-refractivity contribution in [3.63, 3.8) is 0 Å². The molecule has 4 heteroatoms. The minimum absolute atomic E-state index is 0.795. The van der Waals surface area contributed by atoms with Gasteiger partial charge in [0.1, 0.15) is 5.69 Å². The van der Waals surface area contributed by atoms with Gasteiger partial charge in [-0.1, -0.05) is 53.7 Å². The highest BCUT2D eigenvalue weighted by Crippen LogP contribution is 2.25. The van der Waals surface area contributed by atoms with E-state index in [1.54, 1.807) is 0 Å². The zero-order valence-corrected chi connectivity index (χ0v) is 13.0. The molecule has 0 unspecified atom stereocenters. The third kappa shape index (κ3) is 3.17. The Morgan fingerprint density at radius 2 is 1.74 bits per heavy atom. The summed E-state index contributed by atoms with van der Waals surface area (Å²) in [6, 6.07) is 18.9. The second-order valence-electron chi connectivity index (χ2n) is 6.13. The van der Waals surface area contributed by atoms with Gasteiger partial charge in [-0.2, -0.15) is 0 Å². The molecule has 4 nitrogen and oxygen atoms in total. The molecule has 1 aliphatic heterocycles.